The molecule has 0 bridgehead atoms. The summed E-state index contributed by atoms with van der Waals surface area (Å²) in [6.45, 7) is 1.02. The SMILES string of the molecule is N#C/C(=C/NCCc1ccc(F)cc1)C(=O)NCCc1ccccc1. The number of benzene rings is 2. The highest BCUT2D eigenvalue weighted by atomic mass is 19.1. The smallest absolute Gasteiger partial charge is 0.263 e. The van der Waals surface area contributed by atoms with E-state index in [-0.39, 0.29) is 11.4 Å². The molecule has 2 aromatic carbocycles. The molecule has 0 spiro atoms. The van der Waals surface area contributed by atoms with Gasteiger partial charge in [0, 0.05) is 19.3 Å². The van der Waals surface area contributed by atoms with E-state index in [1.165, 1.54) is 18.3 Å². The number of rotatable bonds is 8. The molecule has 4 nitrogen and oxygen atoms in total. The highest BCUT2D eigenvalue weighted by Crippen LogP contribution is 2.03. The van der Waals surface area contributed by atoms with Crippen molar-refractivity contribution < 1.29 is 9.18 Å². The van der Waals surface area contributed by atoms with E-state index in [1.807, 2.05) is 36.4 Å². The molecule has 25 heavy (non-hydrogen) atoms. The molecule has 0 fully saturated rings. The molecule has 0 heterocycles. The molecule has 0 atom stereocenters. The molecule has 2 rings (SSSR count). The van der Waals surface area contributed by atoms with Crippen LogP contribution in [0.5, 0.6) is 0 Å². The number of nitriles is 1. The van der Waals surface area contributed by atoms with Crippen LogP contribution in [0.2, 0.25) is 0 Å². The van der Waals surface area contributed by atoms with E-state index in [4.69, 9.17) is 5.26 Å². The fraction of sp³-hybridized carbons (Fsp3) is 0.200. The molecule has 2 aromatic rings. The highest BCUT2D eigenvalue weighted by Gasteiger charge is 2.07. The van der Waals surface area contributed by atoms with Crippen molar-refractivity contribution >= 4 is 5.91 Å². The third kappa shape index (κ3) is 6.48. The van der Waals surface area contributed by atoms with Crippen LogP contribution in [0, 0.1) is 17.1 Å². The molecule has 0 aliphatic heterocycles. The third-order valence-electron chi connectivity index (χ3n) is 3.62. The van der Waals surface area contributed by atoms with Crippen LogP contribution in [-0.2, 0) is 17.6 Å². The molecule has 2 N–H and O–H groups in total. The number of amides is 1. The minimum absolute atomic E-state index is 0.0344. The summed E-state index contributed by atoms with van der Waals surface area (Å²) in [5.74, 6) is -0.664. The summed E-state index contributed by atoms with van der Waals surface area (Å²) in [4.78, 5) is 12.0. The standard InChI is InChI=1S/C20H20FN3O/c21-19-8-6-17(7-9-19)10-12-23-15-18(14-22)20(25)24-13-11-16-4-2-1-3-5-16/h1-9,15,23H,10-13H2,(H,24,25)/b18-15-. The van der Waals surface area contributed by atoms with Crippen LogP contribution in [0.4, 0.5) is 4.39 Å². The van der Waals surface area contributed by atoms with E-state index in [0.717, 1.165) is 11.1 Å². The second-order valence-electron chi connectivity index (χ2n) is 5.49. The maximum atomic E-state index is 12.8. The largest absolute Gasteiger partial charge is 0.389 e. The molecule has 128 valence electrons. The molecule has 5 heteroatoms. The van der Waals surface area contributed by atoms with E-state index in [9.17, 15) is 9.18 Å². The predicted molar refractivity (Wildman–Crippen MR) is 95.0 cm³/mol. The predicted octanol–water partition coefficient (Wildman–Crippen LogP) is 2.72. The van der Waals surface area contributed by atoms with E-state index < -0.39 is 5.91 Å². The molecule has 0 unspecified atom stereocenters. The lowest BCUT2D eigenvalue weighted by Crippen LogP contribution is -2.27. The van der Waals surface area contributed by atoms with E-state index in [0.29, 0.717) is 25.9 Å². The summed E-state index contributed by atoms with van der Waals surface area (Å²) in [5, 5.41) is 14.8. The first-order valence-corrected chi connectivity index (χ1v) is 8.09. The zero-order chi connectivity index (χ0) is 17.9. The van der Waals surface area contributed by atoms with Crippen molar-refractivity contribution in [2.75, 3.05) is 13.1 Å². The minimum atomic E-state index is -0.396. The Morgan fingerprint density at radius 1 is 1.00 bits per heavy atom. The minimum Gasteiger partial charge on any atom is -0.389 e. The van der Waals surface area contributed by atoms with Crippen LogP contribution >= 0.6 is 0 Å². The lowest BCUT2D eigenvalue weighted by atomic mass is 10.1. The summed E-state index contributed by atoms with van der Waals surface area (Å²) in [5.41, 5.74) is 2.14. The molecular formula is C20H20FN3O. The zero-order valence-electron chi connectivity index (χ0n) is 13.8. The topological polar surface area (TPSA) is 64.9 Å². The summed E-state index contributed by atoms with van der Waals surface area (Å²) in [6.07, 6.45) is 2.80. The van der Waals surface area contributed by atoms with Gasteiger partial charge in [0.15, 0.2) is 0 Å². The van der Waals surface area contributed by atoms with Crippen molar-refractivity contribution in [3.05, 3.63) is 83.3 Å². The Labute approximate surface area is 147 Å². The van der Waals surface area contributed by atoms with Crippen LogP contribution in [0.1, 0.15) is 11.1 Å². The Bertz CT molecular complexity index is 749. The Kier molecular flexibility index (Phi) is 7.20. The van der Waals surface area contributed by atoms with Crippen LogP contribution in [0.25, 0.3) is 0 Å². The molecule has 0 aliphatic carbocycles. The maximum Gasteiger partial charge on any atom is 0.263 e. The number of halogens is 1. The van der Waals surface area contributed by atoms with Gasteiger partial charge in [-0.25, -0.2) is 4.39 Å². The van der Waals surface area contributed by atoms with Gasteiger partial charge in [-0.05, 0) is 36.1 Å². The van der Waals surface area contributed by atoms with Crippen LogP contribution in [0.15, 0.2) is 66.4 Å². The van der Waals surface area contributed by atoms with Gasteiger partial charge in [0.25, 0.3) is 5.91 Å². The van der Waals surface area contributed by atoms with Gasteiger partial charge < -0.3 is 10.6 Å². The van der Waals surface area contributed by atoms with Gasteiger partial charge in [0.05, 0.1) is 0 Å². The average Bonchev–Trinajstić information content (AvgIpc) is 2.64. The van der Waals surface area contributed by atoms with Gasteiger partial charge >= 0.3 is 0 Å². The lowest BCUT2D eigenvalue weighted by Gasteiger charge is -2.06. The number of nitrogens with zero attached hydrogens (tertiary/aromatic N) is 1. The number of carbonyl (C=O) groups excluding carboxylic acids is 1. The van der Waals surface area contributed by atoms with Gasteiger partial charge in [-0.2, -0.15) is 5.26 Å². The Morgan fingerprint density at radius 3 is 2.32 bits per heavy atom. The van der Waals surface area contributed by atoms with Crippen molar-refractivity contribution in [2.45, 2.75) is 12.8 Å². The molecular weight excluding hydrogens is 317 g/mol. The van der Waals surface area contributed by atoms with Crippen LogP contribution in [-0.4, -0.2) is 19.0 Å². The normalized spacial score (nSPS) is 10.8. The maximum absolute atomic E-state index is 12.8. The molecule has 0 saturated heterocycles. The first kappa shape index (κ1) is 18.2. The summed E-state index contributed by atoms with van der Waals surface area (Å²) in [7, 11) is 0. The number of hydrogen-bond donors (Lipinski definition) is 2. The van der Waals surface area contributed by atoms with Gasteiger partial charge in [-0.3, -0.25) is 4.79 Å². The van der Waals surface area contributed by atoms with E-state index in [2.05, 4.69) is 10.6 Å². The summed E-state index contributed by atoms with van der Waals surface area (Å²) < 4.78 is 12.8. The first-order chi connectivity index (χ1) is 12.2. The number of carbonyl (C=O) groups is 1. The highest BCUT2D eigenvalue weighted by molar-refractivity contribution is 5.97. The van der Waals surface area contributed by atoms with E-state index >= 15 is 0 Å². The molecule has 0 aliphatic rings. The Hall–Kier alpha value is -3.13. The molecule has 0 aromatic heterocycles. The van der Waals surface area contributed by atoms with Gasteiger partial charge in [-0.1, -0.05) is 42.5 Å². The second-order valence-corrected chi connectivity index (χ2v) is 5.49. The van der Waals surface area contributed by atoms with Gasteiger partial charge in [0.1, 0.15) is 17.5 Å². The molecule has 1 amide bonds. The third-order valence-corrected chi connectivity index (χ3v) is 3.62. The zero-order valence-corrected chi connectivity index (χ0v) is 13.8. The van der Waals surface area contributed by atoms with Crippen molar-refractivity contribution in [3.8, 4) is 6.07 Å². The quantitative estimate of drug-likeness (QED) is 0.442. The first-order valence-electron chi connectivity index (χ1n) is 8.09. The lowest BCUT2D eigenvalue weighted by molar-refractivity contribution is -0.117. The summed E-state index contributed by atoms with van der Waals surface area (Å²) >= 11 is 0. The van der Waals surface area contributed by atoms with Gasteiger partial charge in [-0.15, -0.1) is 0 Å². The van der Waals surface area contributed by atoms with Crippen molar-refractivity contribution in [3.63, 3.8) is 0 Å². The molecule has 0 radical (unpaired) electrons. The van der Waals surface area contributed by atoms with Crippen LogP contribution in [0.3, 0.4) is 0 Å². The monoisotopic (exact) mass is 337 g/mol. The second kappa shape index (κ2) is 9.89. The van der Waals surface area contributed by atoms with Crippen molar-refractivity contribution in [2.24, 2.45) is 0 Å². The van der Waals surface area contributed by atoms with Crippen LogP contribution < -0.4 is 10.6 Å². The van der Waals surface area contributed by atoms with E-state index in [1.54, 1.807) is 12.1 Å². The fourth-order valence-corrected chi connectivity index (χ4v) is 2.25. The summed E-state index contributed by atoms with van der Waals surface area (Å²) in [6, 6.07) is 17.9. The Balaban J connectivity index is 1.73. The average molecular weight is 337 g/mol. The van der Waals surface area contributed by atoms with Crippen molar-refractivity contribution in [1.82, 2.24) is 10.6 Å². The molecule has 0 saturated carbocycles. The number of hydrogen-bond acceptors (Lipinski definition) is 3. The van der Waals surface area contributed by atoms with Crippen molar-refractivity contribution in [1.29, 1.82) is 5.26 Å². The fourth-order valence-electron chi connectivity index (χ4n) is 2.25. The number of nitrogens with one attached hydrogen (secondary N) is 2. The van der Waals surface area contributed by atoms with Gasteiger partial charge in [0.2, 0.25) is 0 Å². The Morgan fingerprint density at radius 2 is 1.64 bits per heavy atom.